The number of benzene rings is 2. The van der Waals surface area contributed by atoms with Crippen molar-refractivity contribution in [1.29, 1.82) is 0 Å². The van der Waals surface area contributed by atoms with Gasteiger partial charge in [0.05, 0.1) is 6.61 Å². The average molecular weight is 377 g/mol. The summed E-state index contributed by atoms with van der Waals surface area (Å²) in [6.45, 7) is 5.65. The molecule has 0 radical (unpaired) electrons. The van der Waals surface area contributed by atoms with Crippen LogP contribution in [0.4, 0.5) is 0 Å². The molecule has 2 heteroatoms. The number of hydrogen-bond donors (Lipinski definition) is 1. The molecule has 2 aromatic carbocycles. The van der Waals surface area contributed by atoms with Crippen LogP contribution in [0.2, 0.25) is 0 Å². The van der Waals surface area contributed by atoms with E-state index in [1.54, 1.807) is 23.3 Å². The van der Waals surface area contributed by atoms with Crippen LogP contribution in [0.5, 0.6) is 11.5 Å². The first kappa shape index (κ1) is 18.1. The normalized spacial score (nSPS) is 33.6. The second kappa shape index (κ2) is 6.83. The van der Waals surface area contributed by atoms with Gasteiger partial charge in [0.25, 0.3) is 0 Å². The van der Waals surface area contributed by atoms with Gasteiger partial charge < -0.3 is 9.84 Å². The SMILES string of the molecule is Cc1cccc2c1CC[C@@H]1[C@@H]2CC[C@]2(C)C(COc3ccc(O)cc3)CC[C@@H]12. The van der Waals surface area contributed by atoms with E-state index in [0.717, 1.165) is 30.1 Å². The molecule has 0 amide bonds. The van der Waals surface area contributed by atoms with Crippen LogP contribution in [0.15, 0.2) is 42.5 Å². The van der Waals surface area contributed by atoms with Crippen LogP contribution in [-0.4, -0.2) is 11.7 Å². The first-order valence-corrected chi connectivity index (χ1v) is 11.1. The van der Waals surface area contributed by atoms with Gasteiger partial charge in [-0.2, -0.15) is 0 Å². The van der Waals surface area contributed by atoms with Crippen LogP contribution in [0.3, 0.4) is 0 Å². The van der Waals surface area contributed by atoms with Gasteiger partial charge in [0, 0.05) is 0 Å². The maximum atomic E-state index is 9.47. The molecule has 2 aromatic rings. The molecule has 5 rings (SSSR count). The average Bonchev–Trinajstić information content (AvgIpc) is 3.04. The standard InChI is InChI=1S/C26H32O2/c1-17-4-3-5-22-21(17)11-12-24-23(22)14-15-26(2)18(6-13-25(24)26)16-28-20-9-7-19(27)8-10-20/h3-5,7-10,18,23-25,27H,6,11-16H2,1-2H3/t18?,23-,24-,25+,26-/m1/s1. The van der Waals surface area contributed by atoms with E-state index in [-0.39, 0.29) is 0 Å². The lowest BCUT2D eigenvalue weighted by Gasteiger charge is -2.51. The topological polar surface area (TPSA) is 29.5 Å². The van der Waals surface area contributed by atoms with Crippen LogP contribution >= 0.6 is 0 Å². The van der Waals surface area contributed by atoms with Gasteiger partial charge in [-0.25, -0.2) is 0 Å². The minimum absolute atomic E-state index is 0.298. The second-order valence-electron chi connectivity index (χ2n) is 9.68. The molecule has 0 spiro atoms. The molecular formula is C26H32O2. The molecule has 0 saturated heterocycles. The first-order valence-electron chi connectivity index (χ1n) is 11.1. The molecule has 2 nitrogen and oxygen atoms in total. The monoisotopic (exact) mass is 376 g/mol. The Kier molecular flexibility index (Phi) is 4.41. The molecule has 1 unspecified atom stereocenters. The van der Waals surface area contributed by atoms with Crippen molar-refractivity contribution in [2.75, 3.05) is 6.61 Å². The van der Waals surface area contributed by atoms with Gasteiger partial charge in [-0.05, 0) is 115 Å². The zero-order chi connectivity index (χ0) is 19.3. The summed E-state index contributed by atoms with van der Waals surface area (Å²) in [5.41, 5.74) is 5.23. The largest absolute Gasteiger partial charge is 0.508 e. The number of fused-ring (bicyclic) bond motifs is 5. The summed E-state index contributed by atoms with van der Waals surface area (Å²) in [4.78, 5) is 0. The molecule has 3 aliphatic carbocycles. The Labute approximate surface area is 168 Å². The number of hydrogen-bond acceptors (Lipinski definition) is 2. The van der Waals surface area contributed by atoms with E-state index < -0.39 is 0 Å². The molecule has 3 aliphatic rings. The van der Waals surface area contributed by atoms with E-state index in [1.165, 1.54) is 44.1 Å². The number of aryl methyl sites for hydroxylation is 1. The van der Waals surface area contributed by atoms with Gasteiger partial charge >= 0.3 is 0 Å². The highest BCUT2D eigenvalue weighted by molar-refractivity contribution is 5.40. The quantitative estimate of drug-likeness (QED) is 0.686. The third-order valence-corrected chi connectivity index (χ3v) is 8.50. The fraction of sp³-hybridized carbons (Fsp3) is 0.538. The number of ether oxygens (including phenoxy) is 1. The fourth-order valence-corrected chi connectivity index (χ4v) is 6.92. The van der Waals surface area contributed by atoms with E-state index in [0.29, 0.717) is 17.1 Å². The van der Waals surface area contributed by atoms with Crippen LogP contribution in [-0.2, 0) is 6.42 Å². The summed E-state index contributed by atoms with van der Waals surface area (Å²) < 4.78 is 6.16. The predicted molar refractivity (Wildman–Crippen MR) is 113 cm³/mol. The molecule has 0 bridgehead atoms. The van der Waals surface area contributed by atoms with Gasteiger partial charge in [0.1, 0.15) is 11.5 Å². The van der Waals surface area contributed by atoms with Gasteiger partial charge in [0.15, 0.2) is 0 Å². The summed E-state index contributed by atoms with van der Waals surface area (Å²) in [6, 6.07) is 14.2. The number of rotatable bonds is 3. The maximum absolute atomic E-state index is 9.47. The molecule has 28 heavy (non-hydrogen) atoms. The zero-order valence-electron chi connectivity index (χ0n) is 17.2. The van der Waals surface area contributed by atoms with Gasteiger partial charge in [-0.15, -0.1) is 0 Å². The van der Waals surface area contributed by atoms with E-state index in [9.17, 15) is 5.11 Å². The van der Waals surface area contributed by atoms with Crippen molar-refractivity contribution in [2.24, 2.45) is 23.2 Å². The fourth-order valence-electron chi connectivity index (χ4n) is 6.92. The summed E-state index contributed by atoms with van der Waals surface area (Å²) in [5.74, 6) is 4.29. The molecule has 0 aliphatic heterocycles. The van der Waals surface area contributed by atoms with Gasteiger partial charge in [0.2, 0.25) is 0 Å². The molecule has 148 valence electrons. The Bertz CT molecular complexity index is 855. The van der Waals surface area contributed by atoms with Gasteiger partial charge in [-0.3, -0.25) is 0 Å². The van der Waals surface area contributed by atoms with Crippen molar-refractivity contribution in [3.63, 3.8) is 0 Å². The van der Waals surface area contributed by atoms with Crippen molar-refractivity contribution in [2.45, 2.75) is 58.3 Å². The van der Waals surface area contributed by atoms with Crippen LogP contribution < -0.4 is 4.74 Å². The lowest BCUT2D eigenvalue weighted by molar-refractivity contribution is 0.0134. The molecular weight excluding hydrogens is 344 g/mol. The Morgan fingerprint density at radius 1 is 1.04 bits per heavy atom. The predicted octanol–water partition coefficient (Wildman–Crippen LogP) is 6.25. The molecule has 2 fully saturated rings. The zero-order valence-corrected chi connectivity index (χ0v) is 17.2. The van der Waals surface area contributed by atoms with Crippen LogP contribution in [0.1, 0.15) is 61.6 Å². The van der Waals surface area contributed by atoms with Crippen LogP contribution in [0.25, 0.3) is 0 Å². The number of phenolic OH excluding ortho intramolecular Hbond substituents is 1. The van der Waals surface area contributed by atoms with E-state index in [1.807, 2.05) is 12.1 Å². The highest BCUT2D eigenvalue weighted by Gasteiger charge is 2.54. The Morgan fingerprint density at radius 3 is 2.68 bits per heavy atom. The van der Waals surface area contributed by atoms with Crippen molar-refractivity contribution < 1.29 is 9.84 Å². The highest BCUT2D eigenvalue weighted by atomic mass is 16.5. The Balaban J connectivity index is 1.33. The maximum Gasteiger partial charge on any atom is 0.119 e. The van der Waals surface area contributed by atoms with Crippen molar-refractivity contribution in [1.82, 2.24) is 0 Å². The summed E-state index contributed by atoms with van der Waals surface area (Å²) in [7, 11) is 0. The number of aromatic hydroxyl groups is 1. The summed E-state index contributed by atoms with van der Waals surface area (Å²) in [6.07, 6.45) is 7.96. The van der Waals surface area contributed by atoms with E-state index >= 15 is 0 Å². The van der Waals surface area contributed by atoms with E-state index in [2.05, 4.69) is 32.0 Å². The minimum Gasteiger partial charge on any atom is -0.508 e. The lowest BCUT2D eigenvalue weighted by atomic mass is 9.54. The molecule has 2 saturated carbocycles. The highest BCUT2D eigenvalue weighted by Crippen LogP contribution is 2.63. The third-order valence-electron chi connectivity index (χ3n) is 8.50. The first-order chi connectivity index (χ1) is 13.6. The van der Waals surface area contributed by atoms with Crippen molar-refractivity contribution in [3.8, 4) is 11.5 Å². The smallest absolute Gasteiger partial charge is 0.119 e. The minimum atomic E-state index is 0.298. The van der Waals surface area contributed by atoms with E-state index in [4.69, 9.17) is 4.74 Å². The Morgan fingerprint density at radius 2 is 1.86 bits per heavy atom. The third kappa shape index (κ3) is 2.84. The molecule has 0 aromatic heterocycles. The summed E-state index contributed by atoms with van der Waals surface area (Å²) in [5, 5.41) is 9.47. The van der Waals surface area contributed by atoms with Crippen molar-refractivity contribution >= 4 is 0 Å². The van der Waals surface area contributed by atoms with Crippen molar-refractivity contribution in [3.05, 3.63) is 59.2 Å². The second-order valence-corrected chi connectivity index (χ2v) is 9.68. The number of phenols is 1. The van der Waals surface area contributed by atoms with Gasteiger partial charge in [-0.1, -0.05) is 25.1 Å². The summed E-state index contributed by atoms with van der Waals surface area (Å²) >= 11 is 0. The molecule has 5 atom stereocenters. The molecule has 1 N–H and O–H groups in total. The lowest BCUT2D eigenvalue weighted by Crippen LogP contribution is -2.43. The van der Waals surface area contributed by atoms with Crippen LogP contribution in [0, 0.1) is 30.1 Å². The Hall–Kier alpha value is -1.96. The molecule has 0 heterocycles.